The van der Waals surface area contributed by atoms with E-state index in [9.17, 15) is 14.7 Å². The molecule has 1 N–H and O–H groups in total. The second-order valence-corrected chi connectivity index (χ2v) is 6.72. The van der Waals surface area contributed by atoms with Gasteiger partial charge in [0.05, 0.1) is 0 Å². The van der Waals surface area contributed by atoms with E-state index in [-0.39, 0.29) is 11.8 Å². The molecule has 0 aromatic heterocycles. The van der Waals surface area contributed by atoms with E-state index in [4.69, 9.17) is 0 Å². The highest BCUT2D eigenvalue weighted by Gasteiger charge is 2.46. The van der Waals surface area contributed by atoms with Crippen molar-refractivity contribution in [1.29, 1.82) is 0 Å². The van der Waals surface area contributed by atoms with Gasteiger partial charge in [-0.2, -0.15) is 0 Å². The summed E-state index contributed by atoms with van der Waals surface area (Å²) in [4.78, 5) is 25.8. The molecule has 2 aliphatic rings. The zero-order valence-corrected chi connectivity index (χ0v) is 13.0. The molecular weight excluding hydrogens is 278 g/mol. The van der Waals surface area contributed by atoms with Crippen molar-refractivity contribution < 1.29 is 14.7 Å². The fraction of sp³-hybridized carbons (Fsp3) is 0.556. The van der Waals surface area contributed by atoms with Gasteiger partial charge in [0.1, 0.15) is 5.54 Å². The van der Waals surface area contributed by atoms with E-state index in [0.29, 0.717) is 19.4 Å². The molecule has 0 spiro atoms. The number of carboxylic acids is 1. The van der Waals surface area contributed by atoms with Gasteiger partial charge >= 0.3 is 5.97 Å². The topological polar surface area (TPSA) is 57.6 Å². The Balaban J connectivity index is 1.77. The van der Waals surface area contributed by atoms with Gasteiger partial charge in [0.15, 0.2) is 0 Å². The van der Waals surface area contributed by atoms with Crippen LogP contribution in [0.15, 0.2) is 24.3 Å². The molecule has 2 atom stereocenters. The Bertz CT molecular complexity index is 598. The number of nitrogens with zero attached hydrogens (tertiary/aromatic N) is 1. The number of hydrogen-bond acceptors (Lipinski definition) is 2. The van der Waals surface area contributed by atoms with Crippen LogP contribution in [-0.2, 0) is 16.0 Å². The summed E-state index contributed by atoms with van der Waals surface area (Å²) in [5, 5.41) is 9.46. The van der Waals surface area contributed by atoms with Gasteiger partial charge in [-0.1, -0.05) is 24.3 Å². The number of likely N-dealkylation sites (tertiary alicyclic amines) is 1. The molecule has 0 bridgehead atoms. The van der Waals surface area contributed by atoms with Crippen LogP contribution in [0, 0.1) is 0 Å². The molecular formula is C18H23NO3. The maximum absolute atomic E-state index is 12.7. The van der Waals surface area contributed by atoms with Crippen molar-refractivity contribution in [3.63, 3.8) is 0 Å². The van der Waals surface area contributed by atoms with Gasteiger partial charge in [-0.05, 0) is 56.1 Å². The van der Waals surface area contributed by atoms with E-state index >= 15 is 0 Å². The molecule has 1 heterocycles. The summed E-state index contributed by atoms with van der Waals surface area (Å²) in [5.74, 6) is -0.664. The minimum Gasteiger partial charge on any atom is -0.480 e. The predicted molar refractivity (Wildman–Crippen MR) is 83.7 cm³/mol. The van der Waals surface area contributed by atoms with Crippen LogP contribution in [0.5, 0.6) is 0 Å². The molecule has 2 unspecified atom stereocenters. The molecule has 3 rings (SSSR count). The van der Waals surface area contributed by atoms with E-state index in [1.165, 1.54) is 11.1 Å². The van der Waals surface area contributed by atoms with Crippen molar-refractivity contribution >= 4 is 11.9 Å². The normalized spacial score (nSPS) is 27.5. The first-order chi connectivity index (χ1) is 10.5. The van der Waals surface area contributed by atoms with Gasteiger partial charge in [0.2, 0.25) is 5.91 Å². The number of aliphatic carboxylic acids is 1. The largest absolute Gasteiger partial charge is 0.480 e. The Morgan fingerprint density at radius 3 is 2.86 bits per heavy atom. The number of carboxylic acid groups (broad SMARTS) is 1. The molecule has 1 aliphatic carbocycles. The highest BCUT2D eigenvalue weighted by molar-refractivity contribution is 5.87. The highest BCUT2D eigenvalue weighted by atomic mass is 16.4. The first-order valence-corrected chi connectivity index (χ1v) is 8.14. The van der Waals surface area contributed by atoms with Crippen LogP contribution in [0.25, 0.3) is 0 Å². The third-order valence-electron chi connectivity index (χ3n) is 5.32. The lowest BCUT2D eigenvalue weighted by atomic mass is 9.80. The number of fused-ring (bicyclic) bond motifs is 1. The Kier molecular flexibility index (Phi) is 3.94. The maximum atomic E-state index is 12.7. The molecule has 1 amide bonds. The van der Waals surface area contributed by atoms with Crippen molar-refractivity contribution in [1.82, 2.24) is 4.90 Å². The van der Waals surface area contributed by atoms with Gasteiger partial charge in [-0.25, -0.2) is 4.79 Å². The molecule has 0 saturated carbocycles. The van der Waals surface area contributed by atoms with Crippen molar-refractivity contribution in [2.45, 2.75) is 56.9 Å². The average Bonchev–Trinajstić information content (AvgIpc) is 2.91. The number of benzene rings is 1. The van der Waals surface area contributed by atoms with E-state index in [2.05, 4.69) is 12.1 Å². The second-order valence-electron chi connectivity index (χ2n) is 6.72. The maximum Gasteiger partial charge on any atom is 0.329 e. The molecule has 1 saturated heterocycles. The zero-order valence-electron chi connectivity index (χ0n) is 13.0. The summed E-state index contributed by atoms with van der Waals surface area (Å²) < 4.78 is 0. The van der Waals surface area contributed by atoms with Gasteiger partial charge in [0.25, 0.3) is 0 Å². The molecule has 4 nitrogen and oxygen atoms in total. The van der Waals surface area contributed by atoms with Crippen LogP contribution in [0.3, 0.4) is 0 Å². The lowest BCUT2D eigenvalue weighted by Gasteiger charge is -2.33. The number of aryl methyl sites for hydroxylation is 1. The van der Waals surface area contributed by atoms with Crippen molar-refractivity contribution in [3.05, 3.63) is 35.4 Å². The predicted octanol–water partition coefficient (Wildman–Crippen LogP) is 2.96. The zero-order chi connectivity index (χ0) is 15.7. The number of rotatable bonds is 3. The summed E-state index contributed by atoms with van der Waals surface area (Å²) in [5.41, 5.74) is 1.60. The number of carbonyl (C=O) groups excluding carboxylic acids is 1. The highest BCUT2D eigenvalue weighted by Crippen LogP contribution is 2.36. The van der Waals surface area contributed by atoms with Crippen LogP contribution in [0.2, 0.25) is 0 Å². The molecule has 1 aromatic carbocycles. The Morgan fingerprint density at radius 1 is 1.32 bits per heavy atom. The van der Waals surface area contributed by atoms with E-state index in [1.54, 1.807) is 11.8 Å². The molecule has 118 valence electrons. The van der Waals surface area contributed by atoms with Crippen LogP contribution in [-0.4, -0.2) is 34.0 Å². The first kappa shape index (κ1) is 15.1. The third-order valence-corrected chi connectivity index (χ3v) is 5.32. The molecule has 0 radical (unpaired) electrons. The van der Waals surface area contributed by atoms with E-state index < -0.39 is 11.5 Å². The van der Waals surface area contributed by atoms with Gasteiger partial charge in [-0.3, -0.25) is 4.79 Å². The molecule has 4 heteroatoms. The van der Waals surface area contributed by atoms with Gasteiger partial charge < -0.3 is 10.0 Å². The number of hydrogen-bond donors (Lipinski definition) is 1. The SMILES string of the molecule is CC1(C(=O)O)CCCN1C(=O)CC1CCCc2ccccc21. The van der Waals surface area contributed by atoms with Gasteiger partial charge in [-0.15, -0.1) is 0 Å². The van der Waals surface area contributed by atoms with Crippen LogP contribution in [0.4, 0.5) is 0 Å². The second kappa shape index (κ2) is 5.75. The van der Waals surface area contributed by atoms with E-state index in [0.717, 1.165) is 25.7 Å². The molecule has 22 heavy (non-hydrogen) atoms. The average molecular weight is 301 g/mol. The van der Waals surface area contributed by atoms with Crippen LogP contribution in [0.1, 0.15) is 56.1 Å². The minimum absolute atomic E-state index is 0.0101. The fourth-order valence-electron chi connectivity index (χ4n) is 3.97. The first-order valence-electron chi connectivity index (χ1n) is 8.14. The summed E-state index contributed by atoms with van der Waals surface area (Å²) in [6, 6.07) is 8.33. The monoisotopic (exact) mass is 301 g/mol. The fourth-order valence-corrected chi connectivity index (χ4v) is 3.97. The molecule has 1 fully saturated rings. The summed E-state index contributed by atoms with van der Waals surface area (Å²) in [6.45, 7) is 2.24. The smallest absolute Gasteiger partial charge is 0.329 e. The summed E-state index contributed by atoms with van der Waals surface area (Å²) >= 11 is 0. The lowest BCUT2D eigenvalue weighted by Crippen LogP contribution is -2.51. The lowest BCUT2D eigenvalue weighted by molar-refractivity contribution is -0.155. The standard InChI is InChI=1S/C18H23NO3/c1-18(17(21)22)10-5-11-19(18)16(20)12-14-8-4-7-13-6-2-3-9-15(13)14/h2-3,6,9,14H,4-5,7-8,10-12H2,1H3,(H,21,22). The number of carbonyl (C=O) groups is 2. The van der Waals surface area contributed by atoms with Crippen LogP contribution < -0.4 is 0 Å². The Morgan fingerprint density at radius 2 is 2.09 bits per heavy atom. The molecule has 1 aliphatic heterocycles. The van der Waals surface area contributed by atoms with Crippen molar-refractivity contribution in [2.75, 3.05) is 6.54 Å². The van der Waals surface area contributed by atoms with Crippen molar-refractivity contribution in [3.8, 4) is 0 Å². The summed E-state index contributed by atoms with van der Waals surface area (Å²) in [6.07, 6.45) is 4.95. The van der Waals surface area contributed by atoms with Crippen molar-refractivity contribution in [2.24, 2.45) is 0 Å². The summed E-state index contributed by atoms with van der Waals surface area (Å²) in [7, 11) is 0. The minimum atomic E-state index is -1.02. The Hall–Kier alpha value is -1.84. The van der Waals surface area contributed by atoms with Gasteiger partial charge in [0, 0.05) is 13.0 Å². The number of amides is 1. The van der Waals surface area contributed by atoms with E-state index in [1.807, 2.05) is 12.1 Å². The molecule has 1 aromatic rings. The quantitative estimate of drug-likeness (QED) is 0.934. The third kappa shape index (κ3) is 2.51. The van der Waals surface area contributed by atoms with Crippen LogP contribution >= 0.6 is 0 Å². The Labute approximate surface area is 131 Å².